The minimum absolute atomic E-state index is 0.0793. The molecule has 0 aromatic carbocycles. The minimum Gasteiger partial charge on any atom is -0.393 e. The van der Waals surface area contributed by atoms with Gasteiger partial charge < -0.3 is 20.2 Å². The molecule has 5 rings (SSSR count). The SMILES string of the molecule is C/C(=N\OC(=O)N(C)CC1CCC(C(=O)N(C)C)N1)[C@H]1CC[C@H]2[C@@H]3CC[C@@H]4C[C@@H](O)CC[C@]4(C)[C@H]3CC[C@]12C. The Morgan fingerprint density at radius 1 is 0.949 bits per heavy atom. The van der Waals surface area contributed by atoms with Crippen molar-refractivity contribution >= 4 is 17.7 Å². The fourth-order valence-corrected chi connectivity index (χ4v) is 10.0. The molecule has 0 radical (unpaired) electrons. The first kappa shape index (κ1) is 28.8. The van der Waals surface area contributed by atoms with Crippen molar-refractivity contribution in [1.29, 1.82) is 0 Å². The van der Waals surface area contributed by atoms with Crippen molar-refractivity contribution in [2.24, 2.45) is 45.6 Å². The Labute approximate surface area is 235 Å². The second-order valence-corrected chi connectivity index (χ2v) is 14.5. The molecular weight excluding hydrogens is 492 g/mol. The number of hydrogen-bond acceptors (Lipinski definition) is 6. The van der Waals surface area contributed by atoms with Crippen LogP contribution in [0.3, 0.4) is 0 Å². The van der Waals surface area contributed by atoms with Gasteiger partial charge >= 0.3 is 6.09 Å². The summed E-state index contributed by atoms with van der Waals surface area (Å²) in [6.07, 6.45) is 11.7. The summed E-state index contributed by atoms with van der Waals surface area (Å²) in [5.74, 6) is 3.38. The van der Waals surface area contributed by atoms with Crippen LogP contribution in [-0.4, -0.2) is 78.5 Å². The Kier molecular flexibility index (Phi) is 8.10. The van der Waals surface area contributed by atoms with Crippen molar-refractivity contribution in [3.8, 4) is 0 Å². The molecule has 5 fully saturated rings. The molecule has 5 aliphatic rings. The molecule has 0 bridgehead atoms. The zero-order chi connectivity index (χ0) is 28.1. The first-order chi connectivity index (χ1) is 18.4. The molecule has 8 nitrogen and oxygen atoms in total. The van der Waals surface area contributed by atoms with E-state index in [0.717, 1.165) is 49.7 Å². The Morgan fingerprint density at radius 2 is 1.67 bits per heavy atom. The molecule has 4 aliphatic carbocycles. The predicted octanol–water partition coefficient (Wildman–Crippen LogP) is 4.66. The van der Waals surface area contributed by atoms with Gasteiger partial charge in [0.2, 0.25) is 5.91 Å². The van der Waals surface area contributed by atoms with Gasteiger partial charge in [-0.1, -0.05) is 19.0 Å². The lowest BCUT2D eigenvalue weighted by Gasteiger charge is -2.61. The fourth-order valence-electron chi connectivity index (χ4n) is 10.0. The number of aliphatic hydroxyl groups is 1. The topological polar surface area (TPSA) is 94.5 Å². The van der Waals surface area contributed by atoms with E-state index in [0.29, 0.717) is 29.7 Å². The molecule has 1 saturated heterocycles. The highest BCUT2D eigenvalue weighted by atomic mass is 16.7. The number of nitrogens with one attached hydrogen (secondary N) is 1. The third-order valence-corrected chi connectivity index (χ3v) is 12.2. The van der Waals surface area contributed by atoms with Gasteiger partial charge in [0.15, 0.2) is 0 Å². The monoisotopic (exact) mass is 544 g/mol. The zero-order valence-electron chi connectivity index (χ0n) is 25.1. The van der Waals surface area contributed by atoms with Gasteiger partial charge in [0.25, 0.3) is 0 Å². The van der Waals surface area contributed by atoms with Crippen LogP contribution in [0.1, 0.15) is 91.4 Å². The maximum atomic E-state index is 12.8. The van der Waals surface area contributed by atoms with E-state index in [2.05, 4.69) is 24.3 Å². The van der Waals surface area contributed by atoms with Crippen LogP contribution < -0.4 is 5.32 Å². The Morgan fingerprint density at radius 3 is 2.41 bits per heavy atom. The van der Waals surface area contributed by atoms with Crippen LogP contribution in [0.15, 0.2) is 5.16 Å². The average Bonchev–Trinajstić information content (AvgIpc) is 3.50. The molecule has 0 aromatic rings. The van der Waals surface area contributed by atoms with E-state index in [1.54, 1.807) is 30.9 Å². The lowest BCUT2D eigenvalue weighted by molar-refractivity contribution is -0.130. The quantitative estimate of drug-likeness (QED) is 0.298. The number of carbonyl (C=O) groups is 2. The molecule has 0 aromatic heterocycles. The van der Waals surface area contributed by atoms with Crippen molar-refractivity contribution < 1.29 is 19.5 Å². The van der Waals surface area contributed by atoms with E-state index < -0.39 is 6.09 Å². The summed E-state index contributed by atoms with van der Waals surface area (Å²) in [5, 5.41) is 18.1. The molecule has 0 spiro atoms. The second-order valence-electron chi connectivity index (χ2n) is 14.5. The molecule has 2 N–H and O–H groups in total. The van der Waals surface area contributed by atoms with Gasteiger partial charge in [-0.15, -0.1) is 0 Å². The van der Waals surface area contributed by atoms with Crippen molar-refractivity contribution in [3.63, 3.8) is 0 Å². The van der Waals surface area contributed by atoms with Gasteiger partial charge in [-0.2, -0.15) is 0 Å². The number of carbonyl (C=O) groups excluding carboxylic acids is 2. The van der Waals surface area contributed by atoms with E-state index in [4.69, 9.17) is 4.84 Å². The van der Waals surface area contributed by atoms with Crippen LogP contribution >= 0.6 is 0 Å². The van der Waals surface area contributed by atoms with E-state index in [-0.39, 0.29) is 29.5 Å². The first-order valence-corrected chi connectivity index (χ1v) is 15.6. The highest BCUT2D eigenvalue weighted by Crippen LogP contribution is 2.67. The van der Waals surface area contributed by atoms with Gasteiger partial charge in [-0.05, 0) is 112 Å². The van der Waals surface area contributed by atoms with Crippen LogP contribution in [0, 0.1) is 40.4 Å². The predicted molar refractivity (Wildman–Crippen MR) is 152 cm³/mol. The largest absolute Gasteiger partial charge is 0.435 e. The fraction of sp³-hybridized carbons (Fsp3) is 0.903. The summed E-state index contributed by atoms with van der Waals surface area (Å²) in [6, 6.07) is -0.0984. The van der Waals surface area contributed by atoms with Gasteiger partial charge in [0, 0.05) is 39.6 Å². The van der Waals surface area contributed by atoms with Crippen LogP contribution in [0.25, 0.3) is 0 Å². The Balaban J connectivity index is 1.17. The van der Waals surface area contributed by atoms with Gasteiger partial charge in [-0.25, -0.2) is 4.79 Å². The zero-order valence-corrected chi connectivity index (χ0v) is 25.1. The standard InChI is InChI=1S/C31H52N4O4/c1-19(33-39-29(38)35(6)18-21-8-12-27(32-21)28(37)34(4)5)24-10-11-25-23-9-7-20-17-22(36)13-15-30(20,2)26(23)14-16-31(24,25)3/h20-27,32,36H,7-18H2,1-6H3/b33-19+/t20-,21?,22+,23+,24-,25+,26+,27?,30+,31-/m1/s1. The third kappa shape index (κ3) is 5.25. The average molecular weight is 545 g/mol. The number of rotatable bonds is 5. The smallest absolute Gasteiger partial charge is 0.393 e. The molecule has 2 amide bonds. The Bertz CT molecular complexity index is 970. The minimum atomic E-state index is -0.437. The van der Waals surface area contributed by atoms with Crippen LogP contribution in [0.5, 0.6) is 0 Å². The number of likely N-dealkylation sites (N-methyl/N-ethyl adjacent to an activating group) is 2. The molecule has 1 heterocycles. The van der Waals surface area contributed by atoms with Crippen molar-refractivity contribution in [3.05, 3.63) is 0 Å². The molecule has 10 atom stereocenters. The van der Waals surface area contributed by atoms with Crippen molar-refractivity contribution in [1.82, 2.24) is 15.1 Å². The first-order valence-electron chi connectivity index (χ1n) is 15.6. The maximum absolute atomic E-state index is 12.8. The summed E-state index contributed by atoms with van der Waals surface area (Å²) in [5.41, 5.74) is 1.56. The number of amides is 2. The van der Waals surface area contributed by atoms with Crippen LogP contribution in [-0.2, 0) is 9.63 Å². The molecule has 1 aliphatic heterocycles. The molecule has 8 heteroatoms. The van der Waals surface area contributed by atoms with Crippen LogP contribution in [0.4, 0.5) is 4.79 Å². The lowest BCUT2D eigenvalue weighted by Crippen LogP contribution is -2.54. The van der Waals surface area contributed by atoms with Crippen LogP contribution in [0.2, 0.25) is 0 Å². The van der Waals surface area contributed by atoms with Crippen molar-refractivity contribution in [2.45, 2.75) is 110 Å². The number of nitrogens with zero attached hydrogens (tertiary/aromatic N) is 3. The van der Waals surface area contributed by atoms with E-state index in [1.807, 2.05) is 6.92 Å². The second kappa shape index (κ2) is 11.0. The lowest BCUT2D eigenvalue weighted by atomic mass is 9.44. The summed E-state index contributed by atoms with van der Waals surface area (Å²) in [7, 11) is 5.28. The molecular formula is C31H52N4O4. The highest BCUT2D eigenvalue weighted by Gasteiger charge is 2.60. The van der Waals surface area contributed by atoms with Gasteiger partial charge in [0.1, 0.15) is 0 Å². The van der Waals surface area contributed by atoms with E-state index >= 15 is 0 Å². The van der Waals surface area contributed by atoms with E-state index in [9.17, 15) is 14.7 Å². The highest BCUT2D eigenvalue weighted by molar-refractivity contribution is 5.85. The third-order valence-electron chi connectivity index (χ3n) is 12.2. The van der Waals surface area contributed by atoms with Crippen molar-refractivity contribution in [2.75, 3.05) is 27.7 Å². The number of hydrogen-bond donors (Lipinski definition) is 2. The Hall–Kier alpha value is -1.67. The summed E-state index contributed by atoms with van der Waals surface area (Å²) < 4.78 is 0. The van der Waals surface area contributed by atoms with E-state index in [1.165, 1.54) is 38.5 Å². The summed E-state index contributed by atoms with van der Waals surface area (Å²) in [6.45, 7) is 7.57. The normalized spacial score (nSPS) is 43.7. The molecule has 2 unspecified atom stereocenters. The van der Waals surface area contributed by atoms with Gasteiger partial charge in [-0.3, -0.25) is 9.63 Å². The molecule has 220 valence electrons. The molecule has 4 saturated carbocycles. The summed E-state index contributed by atoms with van der Waals surface area (Å²) >= 11 is 0. The number of oxime groups is 1. The number of fused-ring (bicyclic) bond motifs is 5. The number of aliphatic hydroxyl groups excluding tert-OH is 1. The summed E-state index contributed by atoms with van der Waals surface area (Å²) in [4.78, 5) is 33.7. The molecule has 39 heavy (non-hydrogen) atoms. The maximum Gasteiger partial charge on any atom is 0.435 e. The van der Waals surface area contributed by atoms with Gasteiger partial charge in [0.05, 0.1) is 17.9 Å².